The minimum absolute atomic E-state index is 0.0160. The molecule has 20 atom stereocenters. The molecular formula is C34H53NO20. The lowest BCUT2D eigenvalue weighted by atomic mass is 9.81. The molecule has 0 spiro atoms. The van der Waals surface area contributed by atoms with Crippen molar-refractivity contribution in [2.45, 2.75) is 136 Å². The van der Waals surface area contributed by atoms with Gasteiger partial charge in [-0.15, -0.1) is 0 Å². The van der Waals surface area contributed by atoms with Crippen molar-refractivity contribution < 1.29 is 99.2 Å². The molecule has 55 heavy (non-hydrogen) atoms. The molecule has 3 heterocycles. The van der Waals surface area contributed by atoms with Crippen molar-refractivity contribution in [2.24, 2.45) is 5.92 Å². The molecule has 21 heteroatoms. The van der Waals surface area contributed by atoms with Gasteiger partial charge in [-0.2, -0.15) is 0 Å². The summed E-state index contributed by atoms with van der Waals surface area (Å²) >= 11 is 0. The average molecular weight is 796 g/mol. The Labute approximate surface area is 315 Å². The topological polar surface area (TPSA) is 336 Å². The van der Waals surface area contributed by atoms with Gasteiger partial charge >= 0.3 is 0 Å². The van der Waals surface area contributed by atoms with E-state index in [1.54, 1.807) is 12.1 Å². The standard InChI is InChI=1S/C34H53NO20/c1-13(40)35-20-24(44)30(54-33-27(47)25(45)22(42)17(9-37)50-33)19(11-39)52-32(20)55-31-23(43)18(10-38)51-34(28(31)48)53-29-15(8-36)7-16(21(41)26(29)46)49-12-14-5-3-2-4-6-14/h2-6,15-34,36-39,41-48H,7-12H2,1H3,(H,35,40)/t15?,16-,17?,18?,19?,20?,21?,22+,23+,24-,25+,26-,27?,28?,29-,30-,31+,32+,33+,34+/m1/s1. The molecule has 4 fully saturated rings. The van der Waals surface area contributed by atoms with Gasteiger partial charge in [0.15, 0.2) is 18.9 Å². The lowest BCUT2D eigenvalue weighted by Crippen LogP contribution is -2.69. The fourth-order valence-corrected chi connectivity index (χ4v) is 7.29. The molecule has 3 aliphatic heterocycles. The van der Waals surface area contributed by atoms with E-state index < -0.39 is 155 Å². The zero-order chi connectivity index (χ0) is 40.1. The van der Waals surface area contributed by atoms with Crippen LogP contribution >= 0.6 is 0 Å². The molecule has 4 aliphatic rings. The van der Waals surface area contributed by atoms with Crippen LogP contribution in [0, 0.1) is 5.92 Å². The molecule has 3 saturated heterocycles. The first kappa shape index (κ1) is 44.0. The van der Waals surface area contributed by atoms with Gasteiger partial charge in [-0.1, -0.05) is 30.3 Å². The summed E-state index contributed by atoms with van der Waals surface area (Å²) in [7, 11) is 0. The number of ether oxygens (including phenoxy) is 7. The molecule has 314 valence electrons. The number of benzene rings is 1. The summed E-state index contributed by atoms with van der Waals surface area (Å²) in [5, 5.41) is 129. The number of hydrogen-bond acceptors (Lipinski definition) is 20. The van der Waals surface area contributed by atoms with Crippen molar-refractivity contribution >= 4 is 5.91 Å². The minimum Gasteiger partial charge on any atom is -0.396 e. The van der Waals surface area contributed by atoms with Crippen LogP contribution in [0.3, 0.4) is 0 Å². The van der Waals surface area contributed by atoms with Gasteiger partial charge in [0.1, 0.15) is 85.4 Å². The molecule has 0 bridgehead atoms. The number of aliphatic hydroxyl groups is 12. The molecule has 8 unspecified atom stereocenters. The SMILES string of the molecule is CC(=O)NC1[C@H](O[C@@H]2C(O)[C@H](O[C@@H]3C(CO)C[C@@H](OCc4ccccc4)C(O)[C@H]3O)OC(CO)[C@@H]2O)OC(CO)[C@@H](O[C@@H]2OC(CO)[C@H](O)[C@H](O)C2O)[C@@H]1O. The molecule has 1 aromatic carbocycles. The number of carbonyl (C=O) groups is 1. The highest BCUT2D eigenvalue weighted by molar-refractivity contribution is 5.73. The van der Waals surface area contributed by atoms with E-state index in [0.29, 0.717) is 0 Å². The third kappa shape index (κ3) is 9.80. The highest BCUT2D eigenvalue weighted by Crippen LogP contribution is 2.36. The fourth-order valence-electron chi connectivity index (χ4n) is 7.29. The van der Waals surface area contributed by atoms with Gasteiger partial charge in [-0.05, 0) is 12.0 Å². The molecule has 1 aromatic rings. The summed E-state index contributed by atoms with van der Waals surface area (Å²) in [5.41, 5.74) is 0.804. The van der Waals surface area contributed by atoms with Crippen LogP contribution in [0.5, 0.6) is 0 Å². The van der Waals surface area contributed by atoms with Gasteiger partial charge in [0, 0.05) is 19.4 Å². The third-order valence-electron chi connectivity index (χ3n) is 10.4. The second-order valence-corrected chi connectivity index (χ2v) is 14.1. The lowest BCUT2D eigenvalue weighted by Gasteiger charge is -2.50. The van der Waals surface area contributed by atoms with Crippen LogP contribution in [0.1, 0.15) is 18.9 Å². The van der Waals surface area contributed by atoms with Crippen LogP contribution in [0.2, 0.25) is 0 Å². The van der Waals surface area contributed by atoms with Crippen molar-refractivity contribution in [2.75, 3.05) is 26.4 Å². The summed E-state index contributed by atoms with van der Waals surface area (Å²) in [5.74, 6) is -1.59. The summed E-state index contributed by atoms with van der Waals surface area (Å²) in [6, 6.07) is 7.47. The van der Waals surface area contributed by atoms with Crippen molar-refractivity contribution in [1.82, 2.24) is 5.32 Å². The smallest absolute Gasteiger partial charge is 0.217 e. The fraction of sp³-hybridized carbons (Fsp3) is 0.794. The summed E-state index contributed by atoms with van der Waals surface area (Å²) in [4.78, 5) is 12.3. The molecule has 13 N–H and O–H groups in total. The van der Waals surface area contributed by atoms with Gasteiger partial charge in [-0.3, -0.25) is 4.79 Å². The molecule has 5 rings (SSSR count). The van der Waals surface area contributed by atoms with Gasteiger partial charge < -0.3 is 99.8 Å². The molecular weight excluding hydrogens is 742 g/mol. The number of hydrogen-bond donors (Lipinski definition) is 13. The Balaban J connectivity index is 1.31. The minimum atomic E-state index is -1.96. The Hall–Kier alpha value is -2.07. The zero-order valence-electron chi connectivity index (χ0n) is 29.8. The van der Waals surface area contributed by atoms with Gasteiger partial charge in [0.25, 0.3) is 0 Å². The summed E-state index contributed by atoms with van der Waals surface area (Å²) in [6.45, 7) is -1.89. The number of carbonyl (C=O) groups excluding carboxylic acids is 1. The van der Waals surface area contributed by atoms with E-state index in [1.165, 1.54) is 0 Å². The third-order valence-corrected chi connectivity index (χ3v) is 10.4. The highest BCUT2D eigenvalue weighted by atomic mass is 16.8. The quantitative estimate of drug-likeness (QED) is 0.0832. The Morgan fingerprint density at radius 3 is 1.78 bits per heavy atom. The largest absolute Gasteiger partial charge is 0.396 e. The molecule has 1 aliphatic carbocycles. The van der Waals surface area contributed by atoms with Crippen LogP contribution in [0.4, 0.5) is 0 Å². The van der Waals surface area contributed by atoms with Gasteiger partial charge in [-0.25, -0.2) is 0 Å². The van der Waals surface area contributed by atoms with Crippen LogP contribution in [0.25, 0.3) is 0 Å². The van der Waals surface area contributed by atoms with Crippen molar-refractivity contribution in [3.63, 3.8) is 0 Å². The number of amides is 1. The maximum absolute atomic E-state index is 12.3. The second kappa shape index (κ2) is 19.6. The number of rotatable bonds is 14. The predicted octanol–water partition coefficient (Wildman–Crippen LogP) is -6.72. The van der Waals surface area contributed by atoms with Crippen LogP contribution in [-0.2, 0) is 44.6 Å². The van der Waals surface area contributed by atoms with E-state index in [1.807, 2.05) is 18.2 Å². The first-order valence-corrected chi connectivity index (χ1v) is 18.0. The maximum atomic E-state index is 12.3. The van der Waals surface area contributed by atoms with Crippen LogP contribution < -0.4 is 5.32 Å². The van der Waals surface area contributed by atoms with E-state index in [4.69, 9.17) is 33.2 Å². The second-order valence-electron chi connectivity index (χ2n) is 14.1. The van der Waals surface area contributed by atoms with E-state index >= 15 is 0 Å². The monoisotopic (exact) mass is 795 g/mol. The van der Waals surface area contributed by atoms with Crippen LogP contribution in [0.15, 0.2) is 30.3 Å². The zero-order valence-corrected chi connectivity index (χ0v) is 29.8. The molecule has 21 nitrogen and oxygen atoms in total. The van der Waals surface area contributed by atoms with Crippen molar-refractivity contribution in [3.05, 3.63) is 35.9 Å². The molecule has 1 saturated carbocycles. The molecule has 1 amide bonds. The van der Waals surface area contributed by atoms with Gasteiger partial charge in [0.05, 0.1) is 38.6 Å². The first-order chi connectivity index (χ1) is 26.2. The Morgan fingerprint density at radius 1 is 0.618 bits per heavy atom. The molecule has 0 radical (unpaired) electrons. The Bertz CT molecular complexity index is 1330. The van der Waals surface area contributed by atoms with E-state index in [0.717, 1.165) is 12.5 Å². The maximum Gasteiger partial charge on any atom is 0.217 e. The highest BCUT2D eigenvalue weighted by Gasteiger charge is 2.55. The number of aliphatic hydroxyl groups excluding tert-OH is 12. The van der Waals surface area contributed by atoms with Gasteiger partial charge in [0.2, 0.25) is 5.91 Å². The van der Waals surface area contributed by atoms with Crippen LogP contribution in [-0.4, -0.2) is 210 Å². The van der Waals surface area contributed by atoms with E-state index in [-0.39, 0.29) is 13.0 Å². The van der Waals surface area contributed by atoms with Crippen molar-refractivity contribution in [1.29, 1.82) is 0 Å². The Kier molecular flexibility index (Phi) is 15.7. The summed E-state index contributed by atoms with van der Waals surface area (Å²) in [6.07, 6.45) is -29.7. The van der Waals surface area contributed by atoms with Crippen molar-refractivity contribution in [3.8, 4) is 0 Å². The summed E-state index contributed by atoms with van der Waals surface area (Å²) < 4.78 is 40.2. The lowest BCUT2D eigenvalue weighted by molar-refractivity contribution is -0.373. The predicted molar refractivity (Wildman–Crippen MR) is 178 cm³/mol. The molecule has 0 aromatic heterocycles. The van der Waals surface area contributed by atoms with E-state index in [2.05, 4.69) is 5.32 Å². The van der Waals surface area contributed by atoms with E-state index in [9.17, 15) is 66.1 Å². The number of nitrogens with one attached hydrogen (secondary N) is 1. The Morgan fingerprint density at radius 2 is 1.18 bits per heavy atom. The first-order valence-electron chi connectivity index (χ1n) is 18.0. The normalized spacial score (nSPS) is 45.3. The average Bonchev–Trinajstić information content (AvgIpc) is 3.18.